The second kappa shape index (κ2) is 2.62. The number of fused-ring (bicyclic) bond motifs is 1. The van der Waals surface area contributed by atoms with Crippen LogP contribution in [0.3, 0.4) is 0 Å². The van der Waals surface area contributed by atoms with E-state index in [1.807, 2.05) is 13.8 Å². The van der Waals surface area contributed by atoms with Crippen LogP contribution in [0.4, 0.5) is 0 Å². The Balaban J connectivity index is 2.66. The van der Waals surface area contributed by atoms with E-state index in [2.05, 4.69) is 4.57 Å². The van der Waals surface area contributed by atoms with E-state index < -0.39 is 5.97 Å². The fourth-order valence-electron chi connectivity index (χ4n) is 2.30. The monoisotopic (exact) mass is 179 g/mol. The van der Waals surface area contributed by atoms with Crippen LogP contribution in [0.15, 0.2) is 0 Å². The molecule has 1 N–H and O–H groups in total. The summed E-state index contributed by atoms with van der Waals surface area (Å²) < 4.78 is 2.14. The molecule has 1 aromatic rings. The Morgan fingerprint density at radius 2 is 2.15 bits per heavy atom. The molecule has 0 aliphatic carbocycles. The third-order valence-electron chi connectivity index (χ3n) is 2.91. The van der Waals surface area contributed by atoms with Gasteiger partial charge in [0, 0.05) is 17.9 Å². The average molecular weight is 179 g/mol. The molecule has 2 heterocycles. The number of hydrogen-bond donors (Lipinski definition) is 1. The van der Waals surface area contributed by atoms with Crippen LogP contribution in [0.1, 0.15) is 33.7 Å². The summed E-state index contributed by atoms with van der Waals surface area (Å²) in [6.45, 7) is 4.79. The summed E-state index contributed by atoms with van der Waals surface area (Å²) in [5.74, 6) is -0.795. The molecular formula is C10H13NO2. The number of nitrogens with zero attached hydrogens (tertiary/aromatic N) is 1. The number of rotatable bonds is 1. The molecule has 0 saturated heterocycles. The van der Waals surface area contributed by atoms with Gasteiger partial charge in [0.2, 0.25) is 0 Å². The minimum atomic E-state index is -0.795. The third kappa shape index (κ3) is 0.996. The Kier molecular flexibility index (Phi) is 1.68. The van der Waals surface area contributed by atoms with Crippen molar-refractivity contribution in [2.45, 2.75) is 33.2 Å². The minimum absolute atomic E-state index is 0.509. The van der Waals surface area contributed by atoms with Gasteiger partial charge in [-0.2, -0.15) is 0 Å². The van der Waals surface area contributed by atoms with Crippen LogP contribution in [0.2, 0.25) is 0 Å². The SMILES string of the molecule is Cc1c(C(=O)O)c(C)n2c1CCC2. The van der Waals surface area contributed by atoms with Gasteiger partial charge in [0.25, 0.3) is 0 Å². The molecule has 0 amide bonds. The summed E-state index contributed by atoms with van der Waals surface area (Å²) in [5.41, 5.74) is 3.60. The van der Waals surface area contributed by atoms with Crippen LogP contribution < -0.4 is 0 Å². The first-order chi connectivity index (χ1) is 6.13. The second-order valence-electron chi connectivity index (χ2n) is 3.59. The van der Waals surface area contributed by atoms with Gasteiger partial charge in [0.1, 0.15) is 0 Å². The van der Waals surface area contributed by atoms with Crippen molar-refractivity contribution in [2.24, 2.45) is 0 Å². The number of aromatic nitrogens is 1. The molecule has 0 aromatic carbocycles. The molecule has 2 rings (SSSR count). The van der Waals surface area contributed by atoms with Gasteiger partial charge < -0.3 is 9.67 Å². The lowest BCUT2D eigenvalue weighted by Crippen LogP contribution is -2.02. The van der Waals surface area contributed by atoms with Gasteiger partial charge in [-0.1, -0.05) is 0 Å². The molecule has 1 aliphatic rings. The van der Waals surface area contributed by atoms with Crippen molar-refractivity contribution in [3.05, 3.63) is 22.5 Å². The van der Waals surface area contributed by atoms with E-state index in [1.165, 1.54) is 5.69 Å². The van der Waals surface area contributed by atoms with Gasteiger partial charge in [-0.3, -0.25) is 0 Å². The van der Waals surface area contributed by atoms with Crippen molar-refractivity contribution in [3.8, 4) is 0 Å². The Labute approximate surface area is 77.0 Å². The Bertz CT molecular complexity index is 349. The van der Waals surface area contributed by atoms with Crippen molar-refractivity contribution < 1.29 is 9.90 Å². The minimum Gasteiger partial charge on any atom is -0.478 e. The van der Waals surface area contributed by atoms with Gasteiger partial charge in [-0.15, -0.1) is 0 Å². The zero-order chi connectivity index (χ0) is 9.59. The lowest BCUT2D eigenvalue weighted by Gasteiger charge is -2.00. The normalized spacial score (nSPS) is 14.6. The zero-order valence-electron chi connectivity index (χ0n) is 7.92. The molecule has 3 nitrogen and oxygen atoms in total. The predicted octanol–water partition coefficient (Wildman–Crippen LogP) is 1.75. The molecule has 0 atom stereocenters. The van der Waals surface area contributed by atoms with E-state index in [0.29, 0.717) is 5.56 Å². The molecular weight excluding hydrogens is 166 g/mol. The number of hydrogen-bond acceptors (Lipinski definition) is 1. The van der Waals surface area contributed by atoms with Crippen molar-refractivity contribution >= 4 is 5.97 Å². The molecule has 0 spiro atoms. The number of aromatic carboxylic acids is 1. The summed E-state index contributed by atoms with van der Waals surface area (Å²) in [4.78, 5) is 10.9. The zero-order valence-corrected chi connectivity index (χ0v) is 7.92. The van der Waals surface area contributed by atoms with Crippen LogP contribution in [0.5, 0.6) is 0 Å². The topological polar surface area (TPSA) is 42.2 Å². The molecule has 0 saturated carbocycles. The number of carbonyl (C=O) groups is 1. The van der Waals surface area contributed by atoms with Crippen molar-refractivity contribution in [2.75, 3.05) is 0 Å². The first-order valence-corrected chi connectivity index (χ1v) is 4.54. The molecule has 70 valence electrons. The van der Waals surface area contributed by atoms with Crippen molar-refractivity contribution in [3.63, 3.8) is 0 Å². The fraction of sp³-hybridized carbons (Fsp3) is 0.500. The first kappa shape index (κ1) is 8.35. The van der Waals surface area contributed by atoms with Crippen molar-refractivity contribution in [1.29, 1.82) is 0 Å². The molecule has 0 bridgehead atoms. The van der Waals surface area contributed by atoms with Crippen LogP contribution in [-0.4, -0.2) is 15.6 Å². The van der Waals surface area contributed by atoms with Gasteiger partial charge in [-0.25, -0.2) is 4.79 Å². The van der Waals surface area contributed by atoms with Gasteiger partial charge in [0.15, 0.2) is 0 Å². The highest BCUT2D eigenvalue weighted by molar-refractivity contribution is 5.91. The molecule has 1 aromatic heterocycles. The smallest absolute Gasteiger partial charge is 0.337 e. The second-order valence-corrected chi connectivity index (χ2v) is 3.59. The van der Waals surface area contributed by atoms with E-state index in [4.69, 9.17) is 5.11 Å². The standard InChI is InChI=1S/C10H13NO2/c1-6-8-4-3-5-11(8)7(2)9(6)10(12)13/h3-5H2,1-2H3,(H,12,13). The third-order valence-corrected chi connectivity index (χ3v) is 2.91. The molecule has 1 aliphatic heterocycles. The lowest BCUT2D eigenvalue weighted by atomic mass is 10.1. The highest BCUT2D eigenvalue weighted by Crippen LogP contribution is 2.27. The van der Waals surface area contributed by atoms with Crippen LogP contribution in [0, 0.1) is 13.8 Å². The van der Waals surface area contributed by atoms with Crippen molar-refractivity contribution in [1.82, 2.24) is 4.57 Å². The maximum Gasteiger partial charge on any atom is 0.337 e. The summed E-state index contributed by atoms with van der Waals surface area (Å²) in [6.07, 6.45) is 2.18. The van der Waals surface area contributed by atoms with E-state index >= 15 is 0 Å². The fourth-order valence-corrected chi connectivity index (χ4v) is 2.30. The van der Waals surface area contributed by atoms with Gasteiger partial charge in [-0.05, 0) is 32.3 Å². The summed E-state index contributed by atoms with van der Waals surface area (Å²) in [5, 5.41) is 8.99. The molecule has 0 fully saturated rings. The summed E-state index contributed by atoms with van der Waals surface area (Å²) >= 11 is 0. The molecule has 13 heavy (non-hydrogen) atoms. The highest BCUT2D eigenvalue weighted by Gasteiger charge is 2.24. The maximum atomic E-state index is 10.9. The largest absolute Gasteiger partial charge is 0.478 e. The molecule has 0 unspecified atom stereocenters. The number of carboxylic acid groups (broad SMARTS) is 1. The van der Waals surface area contributed by atoms with E-state index in [1.54, 1.807) is 0 Å². The molecule has 0 radical (unpaired) electrons. The Hall–Kier alpha value is -1.25. The van der Waals surface area contributed by atoms with Crippen LogP contribution in [-0.2, 0) is 13.0 Å². The van der Waals surface area contributed by atoms with Crippen LogP contribution >= 0.6 is 0 Å². The Morgan fingerprint density at radius 3 is 2.69 bits per heavy atom. The lowest BCUT2D eigenvalue weighted by molar-refractivity contribution is 0.0695. The first-order valence-electron chi connectivity index (χ1n) is 4.54. The van der Waals surface area contributed by atoms with Crippen LogP contribution in [0.25, 0.3) is 0 Å². The van der Waals surface area contributed by atoms with Gasteiger partial charge in [0.05, 0.1) is 5.56 Å². The maximum absolute atomic E-state index is 10.9. The predicted molar refractivity (Wildman–Crippen MR) is 49.2 cm³/mol. The highest BCUT2D eigenvalue weighted by atomic mass is 16.4. The van der Waals surface area contributed by atoms with E-state index in [-0.39, 0.29) is 0 Å². The van der Waals surface area contributed by atoms with E-state index in [9.17, 15) is 4.79 Å². The summed E-state index contributed by atoms with van der Waals surface area (Å²) in [7, 11) is 0. The molecule has 3 heteroatoms. The average Bonchev–Trinajstić information content (AvgIpc) is 2.56. The Morgan fingerprint density at radius 1 is 1.46 bits per heavy atom. The van der Waals surface area contributed by atoms with Gasteiger partial charge >= 0.3 is 5.97 Å². The number of carboxylic acids is 1. The quantitative estimate of drug-likeness (QED) is 0.713. The van der Waals surface area contributed by atoms with E-state index in [0.717, 1.165) is 30.6 Å². The summed E-state index contributed by atoms with van der Waals surface area (Å²) in [6, 6.07) is 0.